The summed E-state index contributed by atoms with van der Waals surface area (Å²) < 4.78 is 5.38. The molecule has 5 heteroatoms. The van der Waals surface area contributed by atoms with E-state index < -0.39 is 0 Å². The molecule has 0 spiro atoms. The zero-order chi connectivity index (χ0) is 14.1. The number of amides is 1. The summed E-state index contributed by atoms with van der Waals surface area (Å²) in [5, 5.41) is 9.40. The van der Waals surface area contributed by atoms with Gasteiger partial charge in [-0.25, -0.2) is 0 Å². The third-order valence-electron chi connectivity index (χ3n) is 3.49. The Kier molecular flexibility index (Phi) is 2.92. The van der Waals surface area contributed by atoms with Crippen molar-refractivity contribution in [1.82, 2.24) is 4.98 Å². The highest BCUT2D eigenvalue weighted by Crippen LogP contribution is 2.35. The van der Waals surface area contributed by atoms with Crippen LogP contribution in [-0.2, 0) is 4.79 Å². The maximum Gasteiger partial charge on any atom is 0.264 e. The third kappa shape index (κ3) is 1.91. The van der Waals surface area contributed by atoms with Gasteiger partial charge in [-0.1, -0.05) is 6.07 Å². The zero-order valence-electron chi connectivity index (χ0n) is 11.0. The largest absolute Gasteiger partial charge is 0.482 e. The van der Waals surface area contributed by atoms with Crippen LogP contribution in [0, 0.1) is 11.3 Å². The van der Waals surface area contributed by atoms with E-state index in [-0.39, 0.29) is 18.4 Å². The number of nitriles is 1. The van der Waals surface area contributed by atoms with Crippen LogP contribution in [0.2, 0.25) is 0 Å². The van der Waals surface area contributed by atoms with Crippen molar-refractivity contribution in [2.75, 3.05) is 18.6 Å². The molecule has 0 aliphatic carbocycles. The van der Waals surface area contributed by atoms with E-state index in [2.05, 4.69) is 11.1 Å². The van der Waals surface area contributed by atoms with Crippen LogP contribution in [-0.4, -0.2) is 24.5 Å². The van der Waals surface area contributed by atoms with Crippen molar-refractivity contribution in [3.63, 3.8) is 0 Å². The number of anilines is 1. The summed E-state index contributed by atoms with van der Waals surface area (Å²) in [6.07, 6.45) is 3.59. The van der Waals surface area contributed by atoms with Gasteiger partial charge in [0.1, 0.15) is 5.75 Å². The van der Waals surface area contributed by atoms with Gasteiger partial charge >= 0.3 is 0 Å². The van der Waals surface area contributed by atoms with Crippen molar-refractivity contribution in [2.45, 2.75) is 5.92 Å². The number of likely N-dealkylation sites (N-methyl/N-ethyl adjacent to an activating group) is 1. The van der Waals surface area contributed by atoms with E-state index in [4.69, 9.17) is 4.74 Å². The van der Waals surface area contributed by atoms with Crippen molar-refractivity contribution in [1.29, 1.82) is 5.26 Å². The average molecular weight is 267 g/mol. The number of hydrogen-bond donors (Lipinski definition) is 1. The minimum absolute atomic E-state index is 0.0579. The second kappa shape index (κ2) is 4.74. The number of ether oxygens (including phenoxy) is 1. The van der Waals surface area contributed by atoms with E-state index in [9.17, 15) is 10.1 Å². The van der Waals surface area contributed by atoms with Gasteiger partial charge in [-0.15, -0.1) is 0 Å². The van der Waals surface area contributed by atoms with Crippen molar-refractivity contribution >= 4 is 11.6 Å². The number of H-pyrrole nitrogens is 1. The zero-order valence-corrected chi connectivity index (χ0v) is 11.0. The second-order valence-electron chi connectivity index (χ2n) is 4.68. The van der Waals surface area contributed by atoms with Gasteiger partial charge in [-0.3, -0.25) is 4.79 Å². The molecule has 1 N–H and O–H groups in total. The molecule has 2 heterocycles. The smallest absolute Gasteiger partial charge is 0.264 e. The minimum atomic E-state index is -0.364. The fourth-order valence-corrected chi connectivity index (χ4v) is 2.33. The summed E-state index contributed by atoms with van der Waals surface area (Å²) in [4.78, 5) is 16.2. The third-order valence-corrected chi connectivity index (χ3v) is 3.49. The minimum Gasteiger partial charge on any atom is -0.482 e. The number of nitrogens with one attached hydrogen (secondary N) is 1. The van der Waals surface area contributed by atoms with Gasteiger partial charge in [-0.2, -0.15) is 5.26 Å². The summed E-state index contributed by atoms with van der Waals surface area (Å²) in [7, 11) is 1.71. The van der Waals surface area contributed by atoms with Gasteiger partial charge in [0.2, 0.25) is 0 Å². The molecule has 1 amide bonds. The van der Waals surface area contributed by atoms with Crippen molar-refractivity contribution in [3.8, 4) is 11.8 Å². The number of hydrogen-bond acceptors (Lipinski definition) is 3. The first-order chi connectivity index (χ1) is 9.70. The lowest BCUT2D eigenvalue weighted by atomic mass is 9.94. The van der Waals surface area contributed by atoms with Crippen molar-refractivity contribution in [3.05, 3.63) is 47.8 Å². The predicted molar refractivity (Wildman–Crippen MR) is 73.6 cm³/mol. The predicted octanol–water partition coefficient (Wildman–Crippen LogP) is 2.03. The molecule has 1 aromatic heterocycles. The highest BCUT2D eigenvalue weighted by atomic mass is 16.5. The van der Waals surface area contributed by atoms with E-state index in [1.807, 2.05) is 24.3 Å². The van der Waals surface area contributed by atoms with Gasteiger partial charge in [0, 0.05) is 19.4 Å². The lowest BCUT2D eigenvalue weighted by molar-refractivity contribution is -0.120. The van der Waals surface area contributed by atoms with E-state index in [0.29, 0.717) is 11.4 Å². The van der Waals surface area contributed by atoms with E-state index in [1.54, 1.807) is 24.3 Å². The number of carbonyl (C=O) groups is 1. The molecule has 0 fully saturated rings. The Hall–Kier alpha value is -2.74. The van der Waals surface area contributed by atoms with Crippen molar-refractivity contribution in [2.24, 2.45) is 0 Å². The quantitative estimate of drug-likeness (QED) is 0.905. The summed E-state index contributed by atoms with van der Waals surface area (Å²) in [5.74, 6) is 0.211. The molecular weight excluding hydrogens is 254 g/mol. The first-order valence-corrected chi connectivity index (χ1v) is 6.26. The molecule has 5 nitrogen and oxygen atoms in total. The van der Waals surface area contributed by atoms with E-state index in [0.717, 1.165) is 11.1 Å². The monoisotopic (exact) mass is 267 g/mol. The molecule has 1 aromatic carbocycles. The first-order valence-electron chi connectivity index (χ1n) is 6.26. The van der Waals surface area contributed by atoms with Gasteiger partial charge in [0.25, 0.3) is 5.91 Å². The Morgan fingerprint density at radius 2 is 2.25 bits per heavy atom. The first kappa shape index (κ1) is 12.3. The standard InChI is InChI=1S/C15H13N3O2/c1-18-13-6-10(2-3-14(13)20-9-15(18)19)12(7-16)11-4-5-17-8-11/h2-6,8,12,17H,9H2,1H3. The van der Waals surface area contributed by atoms with E-state index >= 15 is 0 Å². The highest BCUT2D eigenvalue weighted by molar-refractivity contribution is 5.97. The average Bonchev–Trinajstić information content (AvgIpc) is 2.98. The normalized spacial score (nSPS) is 15.2. The maximum atomic E-state index is 11.7. The Morgan fingerprint density at radius 1 is 1.40 bits per heavy atom. The molecule has 0 saturated carbocycles. The maximum absolute atomic E-state index is 11.7. The Morgan fingerprint density at radius 3 is 2.95 bits per heavy atom. The lowest BCUT2D eigenvalue weighted by Crippen LogP contribution is -2.35. The molecule has 1 atom stereocenters. The van der Waals surface area contributed by atoms with Crippen LogP contribution in [0.1, 0.15) is 17.0 Å². The number of rotatable bonds is 2. The van der Waals surface area contributed by atoms with Gasteiger partial charge in [-0.05, 0) is 29.3 Å². The van der Waals surface area contributed by atoms with Gasteiger partial charge in [0.05, 0.1) is 17.7 Å². The lowest BCUT2D eigenvalue weighted by Gasteiger charge is -2.26. The van der Waals surface area contributed by atoms with Crippen LogP contribution in [0.5, 0.6) is 5.75 Å². The fraction of sp³-hybridized carbons (Fsp3) is 0.200. The molecule has 0 saturated heterocycles. The molecule has 3 rings (SSSR count). The van der Waals surface area contributed by atoms with Crippen LogP contribution in [0.4, 0.5) is 5.69 Å². The van der Waals surface area contributed by atoms with Gasteiger partial charge < -0.3 is 14.6 Å². The molecule has 20 heavy (non-hydrogen) atoms. The molecule has 100 valence electrons. The number of benzene rings is 1. The van der Waals surface area contributed by atoms with Crippen LogP contribution in [0.25, 0.3) is 0 Å². The highest BCUT2D eigenvalue weighted by Gasteiger charge is 2.24. The van der Waals surface area contributed by atoms with Crippen LogP contribution in [0.3, 0.4) is 0 Å². The SMILES string of the molecule is CN1C(=O)COc2ccc(C(C#N)c3cc[nH]c3)cc21. The van der Waals surface area contributed by atoms with Crippen molar-refractivity contribution < 1.29 is 9.53 Å². The Bertz CT molecular complexity index is 686. The summed E-state index contributed by atoms with van der Waals surface area (Å²) in [6.45, 7) is 0.0579. The summed E-state index contributed by atoms with van der Waals surface area (Å²) >= 11 is 0. The molecule has 0 radical (unpaired) electrons. The molecule has 1 unspecified atom stereocenters. The fourth-order valence-electron chi connectivity index (χ4n) is 2.33. The number of nitrogens with zero attached hydrogens (tertiary/aromatic N) is 2. The van der Waals surface area contributed by atoms with E-state index in [1.165, 1.54) is 0 Å². The Labute approximate surface area is 116 Å². The molecular formula is C15H13N3O2. The molecule has 1 aliphatic rings. The molecule has 0 bridgehead atoms. The van der Waals surface area contributed by atoms with Crippen LogP contribution >= 0.6 is 0 Å². The number of aromatic amines is 1. The topological polar surface area (TPSA) is 69.1 Å². The van der Waals surface area contributed by atoms with Crippen LogP contribution < -0.4 is 9.64 Å². The number of carbonyl (C=O) groups excluding carboxylic acids is 1. The summed E-state index contributed by atoms with van der Waals surface area (Å²) in [5.41, 5.74) is 2.45. The van der Waals surface area contributed by atoms with Crippen LogP contribution in [0.15, 0.2) is 36.7 Å². The number of aromatic nitrogens is 1. The molecule has 2 aromatic rings. The number of fused-ring (bicyclic) bond motifs is 1. The molecule has 1 aliphatic heterocycles. The summed E-state index contributed by atoms with van der Waals surface area (Å²) in [6, 6.07) is 9.68. The second-order valence-corrected chi connectivity index (χ2v) is 4.68. The Balaban J connectivity index is 2.04. The van der Waals surface area contributed by atoms with Gasteiger partial charge in [0.15, 0.2) is 6.61 Å².